The lowest BCUT2D eigenvalue weighted by Crippen LogP contribution is -2.30. The SMILES string of the molecule is Cc1ccccc1CCNC(=O)COC(=O)c1ccc(CN2C(=O)CCC2=O)cc1. The molecule has 2 aromatic rings. The summed E-state index contributed by atoms with van der Waals surface area (Å²) in [5, 5.41) is 2.74. The third kappa shape index (κ3) is 5.53. The summed E-state index contributed by atoms with van der Waals surface area (Å²) in [6.07, 6.45) is 1.20. The van der Waals surface area contributed by atoms with Gasteiger partial charge in [0.25, 0.3) is 5.91 Å². The number of nitrogens with one attached hydrogen (secondary N) is 1. The number of rotatable bonds is 8. The Labute approximate surface area is 175 Å². The van der Waals surface area contributed by atoms with Gasteiger partial charge in [-0.05, 0) is 42.2 Å². The molecule has 1 heterocycles. The number of benzene rings is 2. The Balaban J connectivity index is 1.42. The molecule has 0 spiro atoms. The highest BCUT2D eigenvalue weighted by Gasteiger charge is 2.28. The van der Waals surface area contributed by atoms with E-state index in [1.54, 1.807) is 24.3 Å². The van der Waals surface area contributed by atoms with Crippen molar-refractivity contribution < 1.29 is 23.9 Å². The topological polar surface area (TPSA) is 92.8 Å². The first-order chi connectivity index (χ1) is 14.4. The summed E-state index contributed by atoms with van der Waals surface area (Å²) in [4.78, 5) is 48.6. The second-order valence-corrected chi connectivity index (χ2v) is 7.17. The number of carbonyl (C=O) groups excluding carboxylic acids is 4. The molecule has 0 unspecified atom stereocenters. The van der Waals surface area contributed by atoms with Gasteiger partial charge in [0.2, 0.25) is 11.8 Å². The second-order valence-electron chi connectivity index (χ2n) is 7.17. The maximum Gasteiger partial charge on any atom is 0.338 e. The van der Waals surface area contributed by atoms with E-state index in [4.69, 9.17) is 4.74 Å². The molecule has 1 saturated heterocycles. The molecule has 1 fully saturated rings. The van der Waals surface area contributed by atoms with Gasteiger partial charge in [-0.25, -0.2) is 4.79 Å². The number of amides is 3. The van der Waals surface area contributed by atoms with Gasteiger partial charge < -0.3 is 10.1 Å². The average molecular weight is 408 g/mol. The van der Waals surface area contributed by atoms with Crippen molar-refractivity contribution in [2.45, 2.75) is 32.7 Å². The molecular weight excluding hydrogens is 384 g/mol. The zero-order valence-electron chi connectivity index (χ0n) is 16.8. The normalized spacial score (nSPS) is 13.4. The number of ether oxygens (including phenoxy) is 1. The second kappa shape index (κ2) is 9.82. The Morgan fingerprint density at radius 1 is 1.00 bits per heavy atom. The highest BCUT2D eigenvalue weighted by molar-refractivity contribution is 6.01. The fourth-order valence-corrected chi connectivity index (χ4v) is 3.22. The minimum absolute atomic E-state index is 0.183. The van der Waals surface area contributed by atoms with Gasteiger partial charge in [-0.2, -0.15) is 0 Å². The molecule has 30 heavy (non-hydrogen) atoms. The van der Waals surface area contributed by atoms with Crippen LogP contribution in [0.25, 0.3) is 0 Å². The first-order valence-corrected chi connectivity index (χ1v) is 9.84. The number of hydrogen-bond acceptors (Lipinski definition) is 5. The number of carbonyl (C=O) groups is 4. The molecule has 3 amide bonds. The molecule has 0 aliphatic carbocycles. The van der Waals surface area contributed by atoms with Crippen LogP contribution in [0.1, 0.15) is 39.9 Å². The number of esters is 1. The van der Waals surface area contributed by atoms with Crippen LogP contribution in [0.5, 0.6) is 0 Å². The van der Waals surface area contributed by atoms with E-state index in [-0.39, 0.29) is 43.7 Å². The fraction of sp³-hybridized carbons (Fsp3) is 0.304. The fourth-order valence-electron chi connectivity index (χ4n) is 3.22. The number of likely N-dealkylation sites (tertiary alicyclic amines) is 1. The van der Waals surface area contributed by atoms with E-state index in [2.05, 4.69) is 5.32 Å². The molecule has 1 aliphatic heterocycles. The van der Waals surface area contributed by atoms with Crippen molar-refractivity contribution in [3.63, 3.8) is 0 Å². The van der Waals surface area contributed by atoms with Crippen LogP contribution in [0.3, 0.4) is 0 Å². The quantitative estimate of drug-likeness (QED) is 0.534. The van der Waals surface area contributed by atoms with E-state index in [0.717, 1.165) is 11.1 Å². The Kier molecular flexibility index (Phi) is 6.95. The highest BCUT2D eigenvalue weighted by atomic mass is 16.5. The van der Waals surface area contributed by atoms with Crippen molar-refractivity contribution in [2.24, 2.45) is 0 Å². The largest absolute Gasteiger partial charge is 0.452 e. The van der Waals surface area contributed by atoms with Gasteiger partial charge in [-0.1, -0.05) is 36.4 Å². The predicted octanol–water partition coefficient (Wildman–Crippen LogP) is 2.16. The summed E-state index contributed by atoms with van der Waals surface area (Å²) in [7, 11) is 0. The molecule has 7 heteroatoms. The Bertz CT molecular complexity index is 936. The molecule has 0 atom stereocenters. The minimum Gasteiger partial charge on any atom is -0.452 e. The summed E-state index contributed by atoms with van der Waals surface area (Å²) in [6, 6.07) is 14.4. The number of imide groups is 1. The van der Waals surface area contributed by atoms with E-state index in [1.165, 1.54) is 10.5 Å². The maximum absolute atomic E-state index is 12.1. The molecule has 0 bridgehead atoms. The molecule has 0 radical (unpaired) electrons. The van der Waals surface area contributed by atoms with E-state index >= 15 is 0 Å². The van der Waals surface area contributed by atoms with E-state index in [0.29, 0.717) is 18.5 Å². The van der Waals surface area contributed by atoms with Crippen LogP contribution in [-0.4, -0.2) is 41.7 Å². The summed E-state index contributed by atoms with van der Waals surface area (Å²) >= 11 is 0. The summed E-state index contributed by atoms with van der Waals surface area (Å²) in [5.41, 5.74) is 3.36. The smallest absolute Gasteiger partial charge is 0.338 e. The predicted molar refractivity (Wildman–Crippen MR) is 109 cm³/mol. The molecule has 0 aromatic heterocycles. The van der Waals surface area contributed by atoms with Gasteiger partial charge in [-0.3, -0.25) is 19.3 Å². The van der Waals surface area contributed by atoms with Crippen LogP contribution in [0, 0.1) is 6.92 Å². The van der Waals surface area contributed by atoms with E-state index < -0.39 is 5.97 Å². The van der Waals surface area contributed by atoms with Gasteiger partial charge in [-0.15, -0.1) is 0 Å². The van der Waals surface area contributed by atoms with Crippen LogP contribution in [-0.2, 0) is 32.1 Å². The lowest BCUT2D eigenvalue weighted by Gasteiger charge is -2.13. The number of aryl methyl sites for hydroxylation is 1. The zero-order valence-corrected chi connectivity index (χ0v) is 16.8. The lowest BCUT2D eigenvalue weighted by molar-refractivity contribution is -0.139. The maximum atomic E-state index is 12.1. The van der Waals surface area contributed by atoms with Gasteiger partial charge in [0.1, 0.15) is 0 Å². The zero-order chi connectivity index (χ0) is 21.5. The Morgan fingerprint density at radius 3 is 2.33 bits per heavy atom. The summed E-state index contributed by atoms with van der Waals surface area (Å²) in [6.45, 7) is 2.32. The standard InChI is InChI=1S/C23H24N2O5/c1-16-4-2-3-5-18(16)12-13-24-20(26)15-30-23(29)19-8-6-17(7-9-19)14-25-21(27)10-11-22(25)28/h2-9H,10-15H2,1H3,(H,24,26). The number of nitrogens with zero attached hydrogens (tertiary/aromatic N) is 1. The molecule has 3 rings (SSSR count). The van der Waals surface area contributed by atoms with Crippen molar-refractivity contribution in [3.05, 3.63) is 70.8 Å². The van der Waals surface area contributed by atoms with Gasteiger partial charge in [0.15, 0.2) is 6.61 Å². The average Bonchev–Trinajstić information content (AvgIpc) is 3.06. The van der Waals surface area contributed by atoms with Gasteiger partial charge in [0, 0.05) is 19.4 Å². The van der Waals surface area contributed by atoms with Crippen LogP contribution in [0.4, 0.5) is 0 Å². The number of hydrogen-bond donors (Lipinski definition) is 1. The van der Waals surface area contributed by atoms with E-state index in [1.807, 2.05) is 31.2 Å². The third-order valence-corrected chi connectivity index (χ3v) is 5.00. The van der Waals surface area contributed by atoms with Crippen molar-refractivity contribution in [3.8, 4) is 0 Å². The van der Waals surface area contributed by atoms with Gasteiger partial charge in [0.05, 0.1) is 12.1 Å². The Hall–Kier alpha value is -3.48. The van der Waals surface area contributed by atoms with Crippen molar-refractivity contribution in [1.29, 1.82) is 0 Å². The van der Waals surface area contributed by atoms with Crippen LogP contribution < -0.4 is 5.32 Å². The minimum atomic E-state index is -0.607. The van der Waals surface area contributed by atoms with Crippen LogP contribution in [0.15, 0.2) is 48.5 Å². The Morgan fingerprint density at radius 2 is 1.67 bits per heavy atom. The molecule has 156 valence electrons. The summed E-state index contributed by atoms with van der Waals surface area (Å²) < 4.78 is 5.05. The molecular formula is C23H24N2O5. The summed E-state index contributed by atoms with van der Waals surface area (Å²) in [5.74, 6) is -1.34. The van der Waals surface area contributed by atoms with Crippen LogP contribution >= 0.6 is 0 Å². The van der Waals surface area contributed by atoms with E-state index in [9.17, 15) is 19.2 Å². The lowest BCUT2D eigenvalue weighted by atomic mass is 10.1. The van der Waals surface area contributed by atoms with Crippen LogP contribution in [0.2, 0.25) is 0 Å². The van der Waals surface area contributed by atoms with Crippen molar-refractivity contribution >= 4 is 23.7 Å². The van der Waals surface area contributed by atoms with Crippen molar-refractivity contribution in [1.82, 2.24) is 10.2 Å². The van der Waals surface area contributed by atoms with Crippen molar-refractivity contribution in [2.75, 3.05) is 13.2 Å². The molecule has 1 aliphatic rings. The third-order valence-electron chi connectivity index (χ3n) is 5.00. The highest BCUT2D eigenvalue weighted by Crippen LogP contribution is 2.16. The molecule has 0 saturated carbocycles. The monoisotopic (exact) mass is 408 g/mol. The molecule has 2 aromatic carbocycles. The molecule has 7 nitrogen and oxygen atoms in total. The van der Waals surface area contributed by atoms with Gasteiger partial charge >= 0.3 is 5.97 Å². The first-order valence-electron chi connectivity index (χ1n) is 9.84. The molecule has 1 N–H and O–H groups in total. The first kappa shape index (κ1) is 21.2.